The van der Waals surface area contributed by atoms with Crippen LogP contribution in [0, 0.1) is 0 Å². The SMILES string of the molecule is CCNC(=NCCCCN1CCCC1)N(C)Cc1ccccc1. The molecule has 0 amide bonds. The first-order chi connectivity index (χ1) is 11.3. The van der Waals surface area contributed by atoms with Crippen LogP contribution in [0.25, 0.3) is 0 Å². The summed E-state index contributed by atoms with van der Waals surface area (Å²) in [6, 6.07) is 10.6. The second kappa shape index (κ2) is 10.3. The van der Waals surface area contributed by atoms with Crippen molar-refractivity contribution < 1.29 is 0 Å². The molecule has 0 spiro atoms. The Morgan fingerprint density at radius 1 is 1.17 bits per heavy atom. The average molecular weight is 316 g/mol. The second-order valence-electron chi connectivity index (χ2n) is 6.33. The van der Waals surface area contributed by atoms with Crippen molar-refractivity contribution in [1.29, 1.82) is 0 Å². The molecule has 0 saturated carbocycles. The zero-order valence-electron chi connectivity index (χ0n) is 14.8. The van der Waals surface area contributed by atoms with Gasteiger partial charge in [0.1, 0.15) is 0 Å². The molecule has 0 unspecified atom stereocenters. The molecule has 1 heterocycles. The minimum Gasteiger partial charge on any atom is -0.357 e. The monoisotopic (exact) mass is 316 g/mol. The van der Waals surface area contributed by atoms with E-state index in [0.29, 0.717) is 0 Å². The Balaban J connectivity index is 1.74. The summed E-state index contributed by atoms with van der Waals surface area (Å²) in [5.74, 6) is 1.01. The number of benzene rings is 1. The maximum absolute atomic E-state index is 4.79. The fraction of sp³-hybridized carbons (Fsp3) is 0.632. The fourth-order valence-corrected chi connectivity index (χ4v) is 3.04. The molecule has 1 saturated heterocycles. The van der Waals surface area contributed by atoms with Gasteiger partial charge < -0.3 is 15.1 Å². The Kier molecular flexibility index (Phi) is 7.95. The second-order valence-corrected chi connectivity index (χ2v) is 6.33. The number of likely N-dealkylation sites (tertiary alicyclic amines) is 1. The summed E-state index contributed by atoms with van der Waals surface area (Å²) in [5, 5.41) is 3.40. The minimum absolute atomic E-state index is 0.889. The Labute approximate surface area is 141 Å². The van der Waals surface area contributed by atoms with Crippen LogP contribution in [0.15, 0.2) is 35.3 Å². The average Bonchev–Trinajstić information content (AvgIpc) is 3.08. The summed E-state index contributed by atoms with van der Waals surface area (Å²) in [6.45, 7) is 8.67. The van der Waals surface area contributed by atoms with Gasteiger partial charge in [-0.05, 0) is 57.8 Å². The predicted octanol–water partition coefficient (Wildman–Crippen LogP) is 2.96. The fourth-order valence-electron chi connectivity index (χ4n) is 3.04. The molecule has 1 aliphatic heterocycles. The third-order valence-corrected chi connectivity index (χ3v) is 4.30. The third-order valence-electron chi connectivity index (χ3n) is 4.30. The molecule has 4 heteroatoms. The Morgan fingerprint density at radius 2 is 1.91 bits per heavy atom. The van der Waals surface area contributed by atoms with Crippen molar-refractivity contribution in [2.75, 3.05) is 39.8 Å². The summed E-state index contributed by atoms with van der Waals surface area (Å²) < 4.78 is 0. The van der Waals surface area contributed by atoms with E-state index < -0.39 is 0 Å². The summed E-state index contributed by atoms with van der Waals surface area (Å²) in [6.07, 6.45) is 5.19. The lowest BCUT2D eigenvalue weighted by Crippen LogP contribution is -2.38. The standard InChI is InChI=1S/C19H32N4/c1-3-20-19(22(2)17-18-11-5-4-6-12-18)21-13-7-8-14-23-15-9-10-16-23/h4-6,11-12H,3,7-10,13-17H2,1-2H3,(H,20,21). The maximum Gasteiger partial charge on any atom is 0.193 e. The Hall–Kier alpha value is -1.55. The van der Waals surface area contributed by atoms with Crippen molar-refractivity contribution in [3.05, 3.63) is 35.9 Å². The van der Waals surface area contributed by atoms with Crippen molar-refractivity contribution in [3.8, 4) is 0 Å². The van der Waals surface area contributed by atoms with Gasteiger partial charge in [-0.1, -0.05) is 30.3 Å². The molecule has 1 N–H and O–H groups in total. The number of guanidine groups is 1. The van der Waals surface area contributed by atoms with Gasteiger partial charge in [-0.2, -0.15) is 0 Å². The molecule has 1 fully saturated rings. The van der Waals surface area contributed by atoms with Crippen LogP contribution >= 0.6 is 0 Å². The number of nitrogens with one attached hydrogen (secondary N) is 1. The van der Waals surface area contributed by atoms with E-state index in [4.69, 9.17) is 4.99 Å². The van der Waals surface area contributed by atoms with Crippen LogP contribution in [0.5, 0.6) is 0 Å². The molecule has 0 atom stereocenters. The normalized spacial score (nSPS) is 15.8. The van der Waals surface area contributed by atoms with E-state index >= 15 is 0 Å². The molecule has 2 rings (SSSR count). The summed E-state index contributed by atoms with van der Waals surface area (Å²) >= 11 is 0. The molecule has 0 radical (unpaired) electrons. The number of rotatable bonds is 8. The van der Waals surface area contributed by atoms with Crippen molar-refractivity contribution >= 4 is 5.96 Å². The molecule has 4 nitrogen and oxygen atoms in total. The third kappa shape index (κ3) is 6.61. The highest BCUT2D eigenvalue weighted by Gasteiger charge is 2.10. The predicted molar refractivity (Wildman–Crippen MR) is 98.8 cm³/mol. The highest BCUT2D eigenvalue weighted by Crippen LogP contribution is 2.08. The van der Waals surface area contributed by atoms with Gasteiger partial charge in [-0.15, -0.1) is 0 Å². The maximum atomic E-state index is 4.79. The quantitative estimate of drug-likeness (QED) is 0.454. The van der Waals surface area contributed by atoms with Gasteiger partial charge >= 0.3 is 0 Å². The molecule has 23 heavy (non-hydrogen) atoms. The van der Waals surface area contributed by atoms with Crippen LogP contribution in [0.1, 0.15) is 38.2 Å². The first kappa shape index (κ1) is 17.8. The van der Waals surface area contributed by atoms with E-state index in [1.165, 1.54) is 50.9 Å². The number of nitrogens with zero attached hydrogens (tertiary/aromatic N) is 3. The Morgan fingerprint density at radius 3 is 2.61 bits per heavy atom. The lowest BCUT2D eigenvalue weighted by Gasteiger charge is -2.22. The van der Waals surface area contributed by atoms with E-state index in [2.05, 4.69) is 59.4 Å². The molecule has 0 aliphatic carbocycles. The molecule has 0 bridgehead atoms. The topological polar surface area (TPSA) is 30.9 Å². The van der Waals surface area contributed by atoms with Crippen molar-refractivity contribution in [1.82, 2.24) is 15.1 Å². The van der Waals surface area contributed by atoms with Crippen LogP contribution in [0.4, 0.5) is 0 Å². The van der Waals surface area contributed by atoms with E-state index in [9.17, 15) is 0 Å². The van der Waals surface area contributed by atoms with Gasteiger partial charge in [0.05, 0.1) is 0 Å². The van der Waals surface area contributed by atoms with Crippen LogP contribution in [-0.4, -0.2) is 55.5 Å². The highest BCUT2D eigenvalue weighted by atomic mass is 15.3. The molecule has 128 valence electrons. The summed E-state index contributed by atoms with van der Waals surface area (Å²) in [5.41, 5.74) is 1.31. The van der Waals surface area contributed by atoms with Gasteiger partial charge in [0.2, 0.25) is 0 Å². The number of hydrogen-bond donors (Lipinski definition) is 1. The van der Waals surface area contributed by atoms with E-state index in [1.807, 2.05) is 0 Å². The van der Waals surface area contributed by atoms with Crippen molar-refractivity contribution in [3.63, 3.8) is 0 Å². The van der Waals surface area contributed by atoms with E-state index in [0.717, 1.165) is 25.6 Å². The van der Waals surface area contributed by atoms with E-state index in [1.54, 1.807) is 0 Å². The number of aliphatic imine (C=N–C) groups is 1. The molecule has 1 aromatic carbocycles. The van der Waals surface area contributed by atoms with E-state index in [-0.39, 0.29) is 0 Å². The first-order valence-corrected chi connectivity index (χ1v) is 9.05. The Bertz CT molecular complexity index is 452. The van der Waals surface area contributed by atoms with Crippen molar-refractivity contribution in [2.24, 2.45) is 4.99 Å². The lowest BCUT2D eigenvalue weighted by atomic mass is 10.2. The number of unbranched alkanes of at least 4 members (excludes halogenated alkanes) is 1. The summed E-state index contributed by atoms with van der Waals surface area (Å²) in [7, 11) is 2.11. The van der Waals surface area contributed by atoms with Crippen LogP contribution < -0.4 is 5.32 Å². The van der Waals surface area contributed by atoms with Crippen LogP contribution in [0.3, 0.4) is 0 Å². The molecule has 0 aromatic heterocycles. The minimum atomic E-state index is 0.889. The van der Waals surface area contributed by atoms with Gasteiger partial charge in [-0.25, -0.2) is 0 Å². The summed E-state index contributed by atoms with van der Waals surface area (Å²) in [4.78, 5) is 9.57. The van der Waals surface area contributed by atoms with Crippen LogP contribution in [0.2, 0.25) is 0 Å². The zero-order chi connectivity index (χ0) is 16.3. The smallest absolute Gasteiger partial charge is 0.193 e. The molecule has 1 aromatic rings. The van der Waals surface area contributed by atoms with Gasteiger partial charge in [0, 0.05) is 26.7 Å². The molecule has 1 aliphatic rings. The largest absolute Gasteiger partial charge is 0.357 e. The van der Waals surface area contributed by atoms with Gasteiger partial charge in [0.15, 0.2) is 5.96 Å². The lowest BCUT2D eigenvalue weighted by molar-refractivity contribution is 0.331. The highest BCUT2D eigenvalue weighted by molar-refractivity contribution is 5.79. The van der Waals surface area contributed by atoms with Crippen molar-refractivity contribution in [2.45, 2.75) is 39.2 Å². The number of hydrogen-bond acceptors (Lipinski definition) is 2. The molecular formula is C19H32N4. The van der Waals surface area contributed by atoms with Gasteiger partial charge in [0.25, 0.3) is 0 Å². The van der Waals surface area contributed by atoms with Gasteiger partial charge in [-0.3, -0.25) is 4.99 Å². The molecular weight excluding hydrogens is 284 g/mol. The van der Waals surface area contributed by atoms with Crippen LogP contribution in [-0.2, 0) is 6.54 Å². The first-order valence-electron chi connectivity index (χ1n) is 9.05. The zero-order valence-corrected chi connectivity index (χ0v) is 14.8.